The Labute approximate surface area is 319 Å². The number of fused-ring (bicyclic) bond motifs is 10. The van der Waals surface area contributed by atoms with Gasteiger partial charge in [-0.15, -0.1) is 12.8 Å². The summed E-state index contributed by atoms with van der Waals surface area (Å²) < 4.78 is 0. The molecular formula is C53H54. The van der Waals surface area contributed by atoms with E-state index in [2.05, 4.69) is 180 Å². The van der Waals surface area contributed by atoms with Gasteiger partial charge in [0.1, 0.15) is 0 Å². The summed E-state index contributed by atoms with van der Waals surface area (Å²) in [7, 11) is 0. The second kappa shape index (κ2) is 17.3. The number of allylic oxidation sites excluding steroid dienone is 11. The predicted octanol–water partition coefficient (Wildman–Crippen LogP) is 15.3. The molecule has 2 unspecified atom stereocenters. The van der Waals surface area contributed by atoms with Crippen LogP contribution >= 0.6 is 0 Å². The van der Waals surface area contributed by atoms with Gasteiger partial charge in [0.2, 0.25) is 0 Å². The first-order chi connectivity index (χ1) is 25.5. The van der Waals surface area contributed by atoms with Gasteiger partial charge in [0.25, 0.3) is 0 Å². The van der Waals surface area contributed by atoms with E-state index in [1.165, 1.54) is 82.8 Å². The highest BCUT2D eigenvalue weighted by molar-refractivity contribution is 6.11. The molecule has 53 heavy (non-hydrogen) atoms. The minimum atomic E-state index is 0. The maximum absolute atomic E-state index is 4.31. The van der Waals surface area contributed by atoms with E-state index in [0.29, 0.717) is 17.8 Å². The molecule has 0 radical (unpaired) electrons. The fraction of sp³-hybridized carbons (Fsp3) is 0.208. The largest absolute Gasteiger partial charge is 0.124 e. The van der Waals surface area contributed by atoms with E-state index in [-0.39, 0.29) is 7.43 Å². The van der Waals surface area contributed by atoms with Crippen molar-refractivity contribution in [2.45, 2.75) is 72.6 Å². The Morgan fingerprint density at radius 3 is 2.30 bits per heavy atom. The average Bonchev–Trinajstić information content (AvgIpc) is 3.20. The first-order valence-electron chi connectivity index (χ1n) is 18.8. The molecule has 0 aromatic heterocycles. The highest BCUT2D eigenvalue weighted by Crippen LogP contribution is 2.48. The second-order valence-corrected chi connectivity index (χ2v) is 13.8. The molecule has 0 aliphatic heterocycles. The molecule has 0 heterocycles. The molecule has 5 aromatic carbocycles. The Bertz CT molecular complexity index is 2340. The summed E-state index contributed by atoms with van der Waals surface area (Å²) in [4.78, 5) is 0. The summed E-state index contributed by atoms with van der Waals surface area (Å²) in [6.07, 6.45) is 30.9. The van der Waals surface area contributed by atoms with Crippen LogP contribution in [-0.4, -0.2) is 0 Å². The van der Waals surface area contributed by atoms with Crippen LogP contribution in [0.15, 0.2) is 151 Å². The summed E-state index contributed by atoms with van der Waals surface area (Å²) in [5.74, 6) is 1.24. The van der Waals surface area contributed by atoms with Gasteiger partial charge >= 0.3 is 0 Å². The molecule has 8 rings (SSSR count). The fourth-order valence-corrected chi connectivity index (χ4v) is 8.29. The molecule has 266 valence electrons. The van der Waals surface area contributed by atoms with Crippen molar-refractivity contribution in [1.82, 2.24) is 0 Å². The minimum absolute atomic E-state index is 0. The van der Waals surface area contributed by atoms with E-state index in [1.807, 2.05) is 19.9 Å². The zero-order valence-electron chi connectivity index (χ0n) is 31.4. The molecule has 0 fully saturated rings. The Hall–Kier alpha value is -5.64. The number of hydrogen-bond donors (Lipinski definition) is 0. The van der Waals surface area contributed by atoms with Gasteiger partial charge in [-0.25, -0.2) is 0 Å². The average molecular weight is 691 g/mol. The SMILES string of the molecule is C.C#C.C=C\C(=C/C(C)=C(C)/C=C\CC1=C[C@@H]2c3ccccc3C=CC2c2ccccc21)c1cc2c(ccc3ccccc32)c2c1C=CCC2C.CC. The van der Waals surface area contributed by atoms with Crippen LogP contribution in [0, 0.1) is 12.8 Å². The summed E-state index contributed by atoms with van der Waals surface area (Å²) in [6.45, 7) is 15.1. The lowest BCUT2D eigenvalue weighted by atomic mass is 9.69. The molecule has 3 atom stereocenters. The van der Waals surface area contributed by atoms with Crippen LogP contribution in [0.4, 0.5) is 0 Å². The van der Waals surface area contributed by atoms with Gasteiger partial charge in [-0.05, 0) is 121 Å². The Balaban J connectivity index is 0.00000105. The molecule has 3 aliphatic rings. The Morgan fingerprint density at radius 1 is 0.792 bits per heavy atom. The smallest absolute Gasteiger partial charge is 0.0134 e. The standard InChI is InChI=1S/C48H42.C2H6.C2H2.CH4/c1-5-34(45-30-47-39-20-9-7-17-36(39)25-27-44(47)48-32(3)15-13-23-43(45)48)28-33(4)31(2)14-12-18-37-29-46-38-19-8-6-16-35(38)24-26-42(46)41-22-11-10-21-40(37)41;2*1-2;/h5-14,16-17,19-30,32,42,46H,1,15,18H2,2-4H3;1-2H3;1-2H;1H4/b14-12-,33-31+,34-28+;;;/t32?,42?,46-;;;/m1.../s1. The van der Waals surface area contributed by atoms with E-state index in [1.54, 1.807) is 0 Å². The summed E-state index contributed by atoms with van der Waals surface area (Å²) in [5, 5.41) is 5.30. The van der Waals surface area contributed by atoms with Crippen molar-refractivity contribution in [3.05, 3.63) is 190 Å². The monoisotopic (exact) mass is 690 g/mol. The van der Waals surface area contributed by atoms with Crippen molar-refractivity contribution in [2.75, 3.05) is 0 Å². The molecule has 5 aromatic rings. The lowest BCUT2D eigenvalue weighted by molar-refractivity contribution is 0.716. The van der Waals surface area contributed by atoms with Crippen LogP contribution in [0.5, 0.6) is 0 Å². The quantitative estimate of drug-likeness (QED) is 0.0945. The molecule has 0 heteroatoms. The molecule has 3 aliphatic carbocycles. The molecule has 0 nitrogen and oxygen atoms in total. The summed E-state index contributed by atoms with van der Waals surface area (Å²) in [5.41, 5.74) is 14.8. The van der Waals surface area contributed by atoms with E-state index in [4.69, 9.17) is 0 Å². The fourth-order valence-electron chi connectivity index (χ4n) is 8.29. The van der Waals surface area contributed by atoms with E-state index in [0.717, 1.165) is 12.8 Å². The number of benzene rings is 5. The number of hydrogen-bond acceptors (Lipinski definition) is 0. The van der Waals surface area contributed by atoms with Gasteiger partial charge in [0.05, 0.1) is 0 Å². The van der Waals surface area contributed by atoms with Crippen LogP contribution in [-0.2, 0) is 0 Å². The second-order valence-electron chi connectivity index (χ2n) is 13.8. The van der Waals surface area contributed by atoms with Crippen LogP contribution in [0.1, 0.15) is 112 Å². The van der Waals surface area contributed by atoms with Crippen molar-refractivity contribution < 1.29 is 0 Å². The predicted molar refractivity (Wildman–Crippen MR) is 237 cm³/mol. The summed E-state index contributed by atoms with van der Waals surface area (Å²) in [6, 6.07) is 33.6. The number of rotatable bonds is 6. The molecule has 0 N–H and O–H groups in total. The van der Waals surface area contributed by atoms with Crippen LogP contribution in [0.25, 0.3) is 44.8 Å². The topological polar surface area (TPSA) is 0 Å². The van der Waals surface area contributed by atoms with Gasteiger partial charge < -0.3 is 0 Å². The third kappa shape index (κ3) is 7.36. The third-order valence-corrected chi connectivity index (χ3v) is 10.9. The van der Waals surface area contributed by atoms with Crippen molar-refractivity contribution in [1.29, 1.82) is 0 Å². The van der Waals surface area contributed by atoms with E-state index >= 15 is 0 Å². The normalized spacial score (nSPS) is 18.4. The molecule has 0 spiro atoms. The molecule has 0 amide bonds. The maximum atomic E-state index is 4.31. The molecule has 0 bridgehead atoms. The third-order valence-electron chi connectivity index (χ3n) is 10.9. The van der Waals surface area contributed by atoms with Gasteiger partial charge in [-0.2, -0.15) is 0 Å². The zero-order valence-corrected chi connectivity index (χ0v) is 31.4. The Kier molecular flexibility index (Phi) is 12.6. The van der Waals surface area contributed by atoms with Crippen molar-refractivity contribution >= 4 is 44.8 Å². The maximum Gasteiger partial charge on any atom is 0.0134 e. The van der Waals surface area contributed by atoms with Crippen molar-refractivity contribution in [3.8, 4) is 12.8 Å². The molecular weight excluding hydrogens is 637 g/mol. The molecule has 0 saturated heterocycles. The highest BCUT2D eigenvalue weighted by atomic mass is 14.3. The van der Waals surface area contributed by atoms with Gasteiger partial charge in [0.15, 0.2) is 0 Å². The minimum Gasteiger partial charge on any atom is -0.124 e. The first kappa shape index (κ1) is 38.6. The molecule has 0 saturated carbocycles. The van der Waals surface area contributed by atoms with Crippen LogP contribution in [0.2, 0.25) is 0 Å². The van der Waals surface area contributed by atoms with Gasteiger partial charge in [-0.3, -0.25) is 0 Å². The van der Waals surface area contributed by atoms with Crippen molar-refractivity contribution in [2.24, 2.45) is 0 Å². The summed E-state index contributed by atoms with van der Waals surface area (Å²) >= 11 is 0. The van der Waals surface area contributed by atoms with E-state index < -0.39 is 0 Å². The van der Waals surface area contributed by atoms with Gasteiger partial charge in [-0.1, -0.05) is 174 Å². The van der Waals surface area contributed by atoms with E-state index in [9.17, 15) is 0 Å². The lowest BCUT2D eigenvalue weighted by Crippen LogP contribution is -2.17. The zero-order chi connectivity index (χ0) is 36.8. The van der Waals surface area contributed by atoms with Crippen LogP contribution in [0.3, 0.4) is 0 Å². The lowest BCUT2D eigenvalue weighted by Gasteiger charge is -2.34. The van der Waals surface area contributed by atoms with Gasteiger partial charge in [0, 0.05) is 11.8 Å². The number of terminal acetylenes is 1. The first-order valence-corrected chi connectivity index (χ1v) is 18.8. The highest BCUT2D eigenvalue weighted by Gasteiger charge is 2.31. The van der Waals surface area contributed by atoms with Crippen LogP contribution < -0.4 is 0 Å². The van der Waals surface area contributed by atoms with Crippen molar-refractivity contribution in [3.63, 3.8) is 0 Å². The Morgan fingerprint density at radius 2 is 1.51 bits per heavy atom.